The van der Waals surface area contributed by atoms with Gasteiger partial charge in [-0.2, -0.15) is 8.78 Å². The molecule has 1 aromatic rings. The number of hydrogen-bond acceptors (Lipinski definition) is 2. The average molecular weight is 130 g/mol. The highest BCUT2D eigenvalue weighted by molar-refractivity contribution is 5.36. The minimum absolute atomic E-state index is 0.220. The van der Waals surface area contributed by atoms with Gasteiger partial charge in [0.2, 0.25) is 5.82 Å². The summed E-state index contributed by atoms with van der Waals surface area (Å²) in [5.74, 6) is -2.24. The standard InChI is InChI=1S/C5H4F2N2/c6-4-3(8)1-2-9-5(4)7/h1-2H,(H2,8,9). The van der Waals surface area contributed by atoms with E-state index in [0.717, 1.165) is 6.20 Å². The molecule has 4 heteroatoms. The maximum absolute atomic E-state index is 12.2. The second kappa shape index (κ2) is 1.97. The number of nitrogens with two attached hydrogens (primary N) is 1. The van der Waals surface area contributed by atoms with Crippen LogP contribution in [-0.4, -0.2) is 4.98 Å². The summed E-state index contributed by atoms with van der Waals surface area (Å²) in [7, 11) is 0. The second-order valence-electron chi connectivity index (χ2n) is 1.50. The Bertz CT molecular complexity index is 204. The van der Waals surface area contributed by atoms with Gasteiger partial charge < -0.3 is 5.73 Å². The molecule has 0 aromatic carbocycles. The van der Waals surface area contributed by atoms with Crippen molar-refractivity contribution in [2.24, 2.45) is 0 Å². The third-order valence-electron chi connectivity index (χ3n) is 0.877. The molecule has 0 fully saturated rings. The highest BCUT2D eigenvalue weighted by atomic mass is 19.2. The van der Waals surface area contributed by atoms with E-state index in [4.69, 9.17) is 5.73 Å². The summed E-state index contributed by atoms with van der Waals surface area (Å²) in [6.07, 6.45) is 1.10. The molecule has 0 saturated heterocycles. The van der Waals surface area contributed by atoms with E-state index in [1.165, 1.54) is 6.07 Å². The van der Waals surface area contributed by atoms with Crippen LogP contribution in [0.5, 0.6) is 0 Å². The Balaban J connectivity index is 3.25. The Morgan fingerprint density at radius 2 is 2.11 bits per heavy atom. The molecule has 0 atom stereocenters. The molecular formula is C5H4F2N2. The van der Waals surface area contributed by atoms with E-state index in [0.29, 0.717) is 0 Å². The number of pyridine rings is 1. The van der Waals surface area contributed by atoms with E-state index in [1.54, 1.807) is 0 Å². The lowest BCUT2D eigenvalue weighted by Gasteiger charge is -1.92. The number of aromatic nitrogens is 1. The fourth-order valence-electron chi connectivity index (χ4n) is 0.432. The molecule has 0 aliphatic carbocycles. The van der Waals surface area contributed by atoms with E-state index in [-0.39, 0.29) is 5.69 Å². The van der Waals surface area contributed by atoms with Crippen molar-refractivity contribution in [1.29, 1.82) is 0 Å². The quantitative estimate of drug-likeness (QED) is 0.531. The van der Waals surface area contributed by atoms with Gasteiger partial charge in [0.05, 0.1) is 5.69 Å². The molecule has 0 spiro atoms. The third-order valence-corrected chi connectivity index (χ3v) is 0.877. The van der Waals surface area contributed by atoms with Gasteiger partial charge in [0.15, 0.2) is 0 Å². The summed E-state index contributed by atoms with van der Waals surface area (Å²) < 4.78 is 24.2. The number of anilines is 1. The van der Waals surface area contributed by atoms with Crippen LogP contribution in [0.4, 0.5) is 14.5 Å². The van der Waals surface area contributed by atoms with Gasteiger partial charge in [-0.15, -0.1) is 0 Å². The van der Waals surface area contributed by atoms with Crippen LogP contribution in [-0.2, 0) is 0 Å². The molecule has 0 aliphatic rings. The van der Waals surface area contributed by atoms with Crippen molar-refractivity contribution in [3.05, 3.63) is 24.0 Å². The summed E-state index contributed by atoms with van der Waals surface area (Å²) in [6, 6.07) is 1.19. The first-order chi connectivity index (χ1) is 4.22. The van der Waals surface area contributed by atoms with Crippen LogP contribution in [0.25, 0.3) is 0 Å². The Morgan fingerprint density at radius 3 is 2.56 bits per heavy atom. The van der Waals surface area contributed by atoms with Crippen LogP contribution >= 0.6 is 0 Å². The zero-order chi connectivity index (χ0) is 6.85. The minimum atomic E-state index is -1.16. The lowest BCUT2D eigenvalue weighted by molar-refractivity contribution is 0.482. The van der Waals surface area contributed by atoms with Crippen LogP contribution in [0.3, 0.4) is 0 Å². The highest BCUT2D eigenvalue weighted by Gasteiger charge is 2.03. The zero-order valence-electron chi connectivity index (χ0n) is 4.44. The first kappa shape index (κ1) is 5.94. The Labute approximate surface area is 50.3 Å². The molecular weight excluding hydrogens is 126 g/mol. The predicted molar refractivity (Wildman–Crippen MR) is 28.6 cm³/mol. The first-order valence-electron chi connectivity index (χ1n) is 2.27. The van der Waals surface area contributed by atoms with Crippen molar-refractivity contribution in [2.75, 3.05) is 5.73 Å². The maximum atomic E-state index is 12.2. The summed E-state index contributed by atoms with van der Waals surface area (Å²) in [5, 5.41) is 0. The van der Waals surface area contributed by atoms with Crippen molar-refractivity contribution in [2.45, 2.75) is 0 Å². The van der Waals surface area contributed by atoms with Crippen molar-refractivity contribution in [3.8, 4) is 0 Å². The smallest absolute Gasteiger partial charge is 0.251 e. The Kier molecular flexibility index (Phi) is 1.30. The van der Waals surface area contributed by atoms with Crippen molar-refractivity contribution < 1.29 is 8.78 Å². The lowest BCUT2D eigenvalue weighted by atomic mass is 10.4. The minimum Gasteiger partial charge on any atom is -0.396 e. The number of nitrogen functional groups attached to an aromatic ring is 1. The van der Waals surface area contributed by atoms with Crippen LogP contribution in [0, 0.1) is 11.8 Å². The molecule has 9 heavy (non-hydrogen) atoms. The number of halogens is 2. The largest absolute Gasteiger partial charge is 0.396 e. The second-order valence-corrected chi connectivity index (χ2v) is 1.50. The van der Waals surface area contributed by atoms with Crippen molar-refractivity contribution in [3.63, 3.8) is 0 Å². The molecule has 1 heterocycles. The topological polar surface area (TPSA) is 38.9 Å². The van der Waals surface area contributed by atoms with Gasteiger partial charge in [-0.25, -0.2) is 4.98 Å². The van der Waals surface area contributed by atoms with E-state index in [1.807, 2.05) is 0 Å². The van der Waals surface area contributed by atoms with Crippen LogP contribution in [0.1, 0.15) is 0 Å². The monoisotopic (exact) mass is 130 g/mol. The highest BCUT2D eigenvalue weighted by Crippen LogP contribution is 2.08. The predicted octanol–water partition coefficient (Wildman–Crippen LogP) is 0.942. The molecule has 0 saturated carbocycles. The summed E-state index contributed by atoms with van der Waals surface area (Å²) in [5.41, 5.74) is 4.75. The van der Waals surface area contributed by atoms with Gasteiger partial charge in [0, 0.05) is 6.20 Å². The lowest BCUT2D eigenvalue weighted by Crippen LogP contribution is -1.95. The van der Waals surface area contributed by atoms with Gasteiger partial charge in [-0.05, 0) is 6.07 Å². The first-order valence-corrected chi connectivity index (χ1v) is 2.27. The normalized spacial score (nSPS) is 9.56. The average Bonchev–Trinajstić information content (AvgIpc) is 1.83. The number of nitrogens with zero attached hydrogens (tertiary/aromatic N) is 1. The van der Waals surface area contributed by atoms with E-state index < -0.39 is 11.8 Å². The van der Waals surface area contributed by atoms with E-state index in [9.17, 15) is 8.78 Å². The third kappa shape index (κ3) is 0.960. The zero-order valence-corrected chi connectivity index (χ0v) is 4.44. The van der Waals surface area contributed by atoms with Crippen LogP contribution < -0.4 is 5.73 Å². The fourth-order valence-corrected chi connectivity index (χ4v) is 0.432. The summed E-state index contributed by atoms with van der Waals surface area (Å²) in [6.45, 7) is 0. The number of hydrogen-bond donors (Lipinski definition) is 1. The molecule has 0 unspecified atom stereocenters. The molecule has 2 N–H and O–H groups in total. The number of rotatable bonds is 0. The van der Waals surface area contributed by atoms with Crippen molar-refractivity contribution >= 4 is 5.69 Å². The van der Waals surface area contributed by atoms with Gasteiger partial charge in [0.1, 0.15) is 0 Å². The molecule has 0 aliphatic heterocycles. The molecule has 0 amide bonds. The SMILES string of the molecule is Nc1ccnc(F)c1F. The Morgan fingerprint density at radius 1 is 1.44 bits per heavy atom. The summed E-state index contributed by atoms with van der Waals surface area (Å²) in [4.78, 5) is 3.02. The van der Waals surface area contributed by atoms with E-state index in [2.05, 4.69) is 4.98 Å². The molecule has 2 nitrogen and oxygen atoms in total. The fraction of sp³-hybridized carbons (Fsp3) is 0. The van der Waals surface area contributed by atoms with Gasteiger partial charge >= 0.3 is 0 Å². The van der Waals surface area contributed by atoms with Crippen LogP contribution in [0.2, 0.25) is 0 Å². The van der Waals surface area contributed by atoms with E-state index >= 15 is 0 Å². The molecule has 1 rings (SSSR count). The molecule has 0 bridgehead atoms. The Hall–Kier alpha value is -1.19. The molecule has 0 radical (unpaired) electrons. The van der Waals surface area contributed by atoms with Gasteiger partial charge in [-0.3, -0.25) is 0 Å². The molecule has 1 aromatic heterocycles. The van der Waals surface area contributed by atoms with Gasteiger partial charge in [-0.1, -0.05) is 0 Å². The molecule has 48 valence electrons. The van der Waals surface area contributed by atoms with Crippen molar-refractivity contribution in [1.82, 2.24) is 4.98 Å². The maximum Gasteiger partial charge on any atom is 0.251 e. The van der Waals surface area contributed by atoms with Crippen LogP contribution in [0.15, 0.2) is 12.3 Å². The summed E-state index contributed by atoms with van der Waals surface area (Å²) >= 11 is 0. The van der Waals surface area contributed by atoms with Gasteiger partial charge in [0.25, 0.3) is 5.95 Å².